The van der Waals surface area contributed by atoms with Gasteiger partial charge in [-0.15, -0.1) is 0 Å². The standard InChI is InChI=1S/C12H9N4O/c13-7-9-1-3-10(4-2-9)8-16-6-5-11(15-16)12(14)17/h1-4,6H,8H2,(H2,14,17). The number of nitriles is 1. The summed E-state index contributed by atoms with van der Waals surface area (Å²) in [6.07, 6.45) is 1.57. The number of rotatable bonds is 3. The summed E-state index contributed by atoms with van der Waals surface area (Å²) in [6.45, 7) is 0.509. The number of carbonyl (C=O) groups excluding carboxylic acids is 1. The molecular formula is C12H9N4O. The third-order valence-electron chi connectivity index (χ3n) is 2.24. The van der Waals surface area contributed by atoms with Crippen molar-refractivity contribution in [2.24, 2.45) is 5.73 Å². The van der Waals surface area contributed by atoms with E-state index in [2.05, 4.69) is 11.2 Å². The Hall–Kier alpha value is -2.61. The third-order valence-corrected chi connectivity index (χ3v) is 2.24. The quantitative estimate of drug-likeness (QED) is 0.834. The Labute approximate surface area is 98.1 Å². The van der Waals surface area contributed by atoms with Gasteiger partial charge in [-0.2, -0.15) is 10.4 Å². The maximum Gasteiger partial charge on any atom is 0.269 e. The van der Waals surface area contributed by atoms with Crippen molar-refractivity contribution in [3.8, 4) is 6.07 Å². The zero-order chi connectivity index (χ0) is 12.3. The summed E-state index contributed by atoms with van der Waals surface area (Å²) in [6, 6.07) is 11.9. The van der Waals surface area contributed by atoms with E-state index in [0.29, 0.717) is 12.1 Å². The molecule has 17 heavy (non-hydrogen) atoms. The van der Waals surface area contributed by atoms with E-state index in [-0.39, 0.29) is 5.69 Å². The second-order valence-electron chi connectivity index (χ2n) is 3.49. The molecule has 0 bridgehead atoms. The molecular weight excluding hydrogens is 216 g/mol. The van der Waals surface area contributed by atoms with Crippen LogP contribution in [0, 0.1) is 17.4 Å². The zero-order valence-corrected chi connectivity index (χ0v) is 8.92. The van der Waals surface area contributed by atoms with Crippen LogP contribution >= 0.6 is 0 Å². The topological polar surface area (TPSA) is 84.7 Å². The molecule has 5 nitrogen and oxygen atoms in total. The maximum absolute atomic E-state index is 10.8. The molecule has 0 aliphatic carbocycles. The fourth-order valence-corrected chi connectivity index (χ4v) is 1.39. The molecule has 1 amide bonds. The number of nitrogens with two attached hydrogens (primary N) is 1. The van der Waals surface area contributed by atoms with Crippen LogP contribution in [0.15, 0.2) is 30.5 Å². The molecule has 0 aliphatic rings. The fraction of sp³-hybridized carbons (Fsp3) is 0.0833. The summed E-state index contributed by atoms with van der Waals surface area (Å²) in [4.78, 5) is 10.8. The highest BCUT2D eigenvalue weighted by molar-refractivity contribution is 5.90. The van der Waals surface area contributed by atoms with Crippen LogP contribution in [-0.4, -0.2) is 15.7 Å². The van der Waals surface area contributed by atoms with Gasteiger partial charge < -0.3 is 5.73 Å². The molecule has 0 aliphatic heterocycles. The molecule has 2 N–H and O–H groups in total. The lowest BCUT2D eigenvalue weighted by molar-refractivity contribution is 0.0994. The highest BCUT2D eigenvalue weighted by atomic mass is 16.1. The average molecular weight is 225 g/mol. The first-order valence-corrected chi connectivity index (χ1v) is 4.93. The van der Waals surface area contributed by atoms with Crippen molar-refractivity contribution >= 4 is 5.91 Å². The molecule has 2 aromatic rings. The van der Waals surface area contributed by atoms with Crippen LogP contribution < -0.4 is 5.73 Å². The van der Waals surface area contributed by atoms with Crippen molar-refractivity contribution in [3.05, 3.63) is 53.3 Å². The monoisotopic (exact) mass is 225 g/mol. The minimum atomic E-state index is -0.594. The van der Waals surface area contributed by atoms with Gasteiger partial charge in [-0.25, -0.2) is 0 Å². The Balaban J connectivity index is 2.14. The summed E-state index contributed by atoms with van der Waals surface area (Å²) < 4.78 is 1.57. The van der Waals surface area contributed by atoms with Crippen LogP contribution in [0.5, 0.6) is 0 Å². The van der Waals surface area contributed by atoms with Crippen molar-refractivity contribution in [1.29, 1.82) is 5.26 Å². The SMILES string of the molecule is N#Cc1ccc(Cn2c[c]c(C(N)=O)n2)cc1. The van der Waals surface area contributed by atoms with Crippen molar-refractivity contribution in [3.63, 3.8) is 0 Å². The fourth-order valence-electron chi connectivity index (χ4n) is 1.39. The van der Waals surface area contributed by atoms with Gasteiger partial charge in [0.1, 0.15) is 0 Å². The van der Waals surface area contributed by atoms with Crippen LogP contribution in [-0.2, 0) is 6.54 Å². The number of nitrogens with zero attached hydrogens (tertiary/aromatic N) is 3. The summed E-state index contributed by atoms with van der Waals surface area (Å²) in [5.41, 5.74) is 6.79. The van der Waals surface area contributed by atoms with E-state index >= 15 is 0 Å². The number of benzene rings is 1. The predicted octanol–water partition coefficient (Wildman–Crippen LogP) is 0.702. The van der Waals surface area contributed by atoms with Gasteiger partial charge in [0.05, 0.1) is 18.2 Å². The number of amides is 1. The van der Waals surface area contributed by atoms with E-state index in [1.807, 2.05) is 18.2 Å². The number of hydrogen-bond donors (Lipinski definition) is 1. The van der Waals surface area contributed by atoms with Gasteiger partial charge in [0.2, 0.25) is 0 Å². The van der Waals surface area contributed by atoms with Crippen molar-refractivity contribution in [2.75, 3.05) is 0 Å². The van der Waals surface area contributed by atoms with E-state index in [0.717, 1.165) is 5.56 Å². The first kappa shape index (κ1) is 10.9. The molecule has 0 saturated carbocycles. The number of hydrogen-bond acceptors (Lipinski definition) is 3. The lowest BCUT2D eigenvalue weighted by atomic mass is 10.1. The van der Waals surface area contributed by atoms with Crippen molar-refractivity contribution < 1.29 is 4.79 Å². The van der Waals surface area contributed by atoms with Gasteiger partial charge in [-0.05, 0) is 17.7 Å². The lowest BCUT2D eigenvalue weighted by Crippen LogP contribution is -2.12. The molecule has 1 aromatic heterocycles. The Morgan fingerprint density at radius 2 is 2.18 bits per heavy atom. The molecule has 2 rings (SSSR count). The Kier molecular flexibility index (Phi) is 2.88. The highest BCUT2D eigenvalue weighted by Crippen LogP contribution is 2.05. The van der Waals surface area contributed by atoms with Crippen LogP contribution in [0.25, 0.3) is 0 Å². The van der Waals surface area contributed by atoms with E-state index in [9.17, 15) is 4.79 Å². The minimum absolute atomic E-state index is 0.124. The first-order valence-electron chi connectivity index (χ1n) is 4.93. The highest BCUT2D eigenvalue weighted by Gasteiger charge is 2.05. The van der Waals surface area contributed by atoms with E-state index in [1.165, 1.54) is 0 Å². The number of primary amides is 1. The van der Waals surface area contributed by atoms with E-state index in [4.69, 9.17) is 11.0 Å². The van der Waals surface area contributed by atoms with Gasteiger partial charge in [-0.1, -0.05) is 12.1 Å². The van der Waals surface area contributed by atoms with Gasteiger partial charge in [0, 0.05) is 12.3 Å². The normalized spacial score (nSPS) is 9.82. The van der Waals surface area contributed by atoms with Gasteiger partial charge in [0.15, 0.2) is 5.69 Å². The first-order chi connectivity index (χ1) is 8.19. The Morgan fingerprint density at radius 1 is 1.47 bits per heavy atom. The van der Waals surface area contributed by atoms with Crippen LogP contribution in [0.2, 0.25) is 0 Å². The molecule has 1 heterocycles. The van der Waals surface area contributed by atoms with Crippen LogP contribution in [0.4, 0.5) is 0 Å². The maximum atomic E-state index is 10.8. The molecule has 0 saturated heterocycles. The predicted molar refractivity (Wildman–Crippen MR) is 59.8 cm³/mol. The second kappa shape index (κ2) is 4.49. The summed E-state index contributed by atoms with van der Waals surface area (Å²) in [7, 11) is 0. The van der Waals surface area contributed by atoms with Crippen molar-refractivity contribution in [2.45, 2.75) is 6.54 Å². The molecule has 83 valence electrons. The molecule has 0 spiro atoms. The van der Waals surface area contributed by atoms with E-state index < -0.39 is 5.91 Å². The smallest absolute Gasteiger partial charge is 0.269 e. The molecule has 1 radical (unpaired) electrons. The molecule has 0 unspecified atom stereocenters. The molecule has 0 atom stereocenters. The summed E-state index contributed by atoms with van der Waals surface area (Å²) >= 11 is 0. The van der Waals surface area contributed by atoms with Crippen LogP contribution in [0.1, 0.15) is 21.6 Å². The summed E-state index contributed by atoms with van der Waals surface area (Å²) in [5, 5.41) is 12.6. The van der Waals surface area contributed by atoms with Gasteiger partial charge in [-0.3, -0.25) is 9.48 Å². The Morgan fingerprint density at radius 3 is 2.71 bits per heavy atom. The average Bonchev–Trinajstić information content (AvgIpc) is 2.79. The largest absolute Gasteiger partial charge is 0.364 e. The lowest BCUT2D eigenvalue weighted by Gasteiger charge is -2.01. The number of carbonyl (C=O) groups is 1. The van der Waals surface area contributed by atoms with E-state index in [1.54, 1.807) is 23.0 Å². The molecule has 1 aromatic carbocycles. The zero-order valence-electron chi connectivity index (χ0n) is 8.92. The third kappa shape index (κ3) is 2.49. The molecule has 5 heteroatoms. The second-order valence-corrected chi connectivity index (χ2v) is 3.49. The number of aromatic nitrogens is 2. The summed E-state index contributed by atoms with van der Waals surface area (Å²) in [5.74, 6) is -0.594. The van der Waals surface area contributed by atoms with Gasteiger partial charge >= 0.3 is 0 Å². The molecule has 0 fully saturated rings. The van der Waals surface area contributed by atoms with Gasteiger partial charge in [0.25, 0.3) is 5.91 Å². The van der Waals surface area contributed by atoms with Crippen molar-refractivity contribution in [1.82, 2.24) is 9.78 Å². The van der Waals surface area contributed by atoms with Crippen LogP contribution in [0.3, 0.4) is 0 Å². The minimum Gasteiger partial charge on any atom is -0.364 e. The Bertz CT molecular complexity index is 577.